The molecule has 1 heterocycles. The van der Waals surface area contributed by atoms with Crippen molar-refractivity contribution >= 4 is 11.9 Å². The summed E-state index contributed by atoms with van der Waals surface area (Å²) in [6, 6.07) is 0.543. The van der Waals surface area contributed by atoms with Crippen LogP contribution in [0.1, 0.15) is 40.5 Å². The van der Waals surface area contributed by atoms with E-state index in [0.717, 1.165) is 32.5 Å². The molecule has 5 nitrogen and oxygen atoms in total. The molecule has 0 aliphatic carbocycles. The van der Waals surface area contributed by atoms with Crippen molar-refractivity contribution < 1.29 is 14.7 Å². The third kappa shape index (κ3) is 4.99. The Balaban J connectivity index is 2.45. The standard InChI is InChI=1S/C16H30N2O3/c1-11(2)17(5)10-14-6-8-18(9-7-14)15(19)12(3)13(4)16(20)21/h11-14H,6-10H2,1-5H3,(H,20,21). The number of hydrogen-bond acceptors (Lipinski definition) is 3. The van der Waals surface area contributed by atoms with E-state index in [1.807, 2.05) is 4.90 Å². The van der Waals surface area contributed by atoms with Gasteiger partial charge in [-0.15, -0.1) is 0 Å². The summed E-state index contributed by atoms with van der Waals surface area (Å²) < 4.78 is 0. The highest BCUT2D eigenvalue weighted by molar-refractivity contribution is 5.84. The lowest BCUT2D eigenvalue weighted by Gasteiger charge is -2.36. The third-order valence-corrected chi connectivity index (χ3v) is 4.88. The molecule has 2 atom stereocenters. The fourth-order valence-corrected chi connectivity index (χ4v) is 2.67. The molecule has 0 saturated carbocycles. The first-order chi connectivity index (χ1) is 9.73. The molecule has 122 valence electrons. The lowest BCUT2D eigenvalue weighted by molar-refractivity contribution is -0.149. The summed E-state index contributed by atoms with van der Waals surface area (Å²) in [6.45, 7) is 10.3. The molecule has 0 aromatic rings. The first-order valence-electron chi connectivity index (χ1n) is 7.95. The van der Waals surface area contributed by atoms with Crippen LogP contribution in [0, 0.1) is 17.8 Å². The SMILES string of the molecule is CC(C(=O)O)C(C)C(=O)N1CCC(CN(C)C(C)C)CC1. The Kier molecular flexibility index (Phi) is 6.65. The first-order valence-corrected chi connectivity index (χ1v) is 7.95. The third-order valence-electron chi connectivity index (χ3n) is 4.88. The van der Waals surface area contributed by atoms with Crippen LogP contribution in [-0.2, 0) is 9.59 Å². The summed E-state index contributed by atoms with van der Waals surface area (Å²) in [5.74, 6) is -1.35. The van der Waals surface area contributed by atoms with Gasteiger partial charge in [-0.05, 0) is 39.7 Å². The van der Waals surface area contributed by atoms with Crippen molar-refractivity contribution in [3.05, 3.63) is 0 Å². The highest BCUT2D eigenvalue weighted by Crippen LogP contribution is 2.22. The number of rotatable bonds is 6. The molecule has 2 unspecified atom stereocenters. The molecule has 1 saturated heterocycles. The van der Waals surface area contributed by atoms with Gasteiger partial charge in [-0.1, -0.05) is 13.8 Å². The van der Waals surface area contributed by atoms with Gasteiger partial charge >= 0.3 is 5.97 Å². The van der Waals surface area contributed by atoms with Crippen molar-refractivity contribution in [3.8, 4) is 0 Å². The zero-order valence-electron chi connectivity index (χ0n) is 14.0. The lowest BCUT2D eigenvalue weighted by atomic mass is 9.91. The number of carboxylic acids is 1. The van der Waals surface area contributed by atoms with Crippen molar-refractivity contribution in [2.24, 2.45) is 17.8 Å². The van der Waals surface area contributed by atoms with Crippen LogP contribution in [0.5, 0.6) is 0 Å². The van der Waals surface area contributed by atoms with E-state index < -0.39 is 17.8 Å². The molecule has 1 aliphatic rings. The average Bonchev–Trinajstić information content (AvgIpc) is 2.45. The summed E-state index contributed by atoms with van der Waals surface area (Å²) in [4.78, 5) is 27.5. The number of likely N-dealkylation sites (tertiary alicyclic amines) is 1. The topological polar surface area (TPSA) is 60.9 Å². The van der Waals surface area contributed by atoms with Gasteiger partial charge in [0.1, 0.15) is 0 Å². The van der Waals surface area contributed by atoms with Crippen LogP contribution in [-0.4, -0.2) is 59.5 Å². The van der Waals surface area contributed by atoms with Crippen molar-refractivity contribution in [2.45, 2.75) is 46.6 Å². The van der Waals surface area contributed by atoms with Gasteiger partial charge in [0.25, 0.3) is 0 Å². The fraction of sp³-hybridized carbons (Fsp3) is 0.875. The van der Waals surface area contributed by atoms with E-state index in [1.54, 1.807) is 13.8 Å². The number of amides is 1. The predicted octanol–water partition coefficient (Wildman–Crippen LogP) is 1.92. The Bertz CT molecular complexity index is 363. The van der Waals surface area contributed by atoms with Gasteiger partial charge in [-0.3, -0.25) is 9.59 Å². The molecule has 0 spiro atoms. The summed E-state index contributed by atoms with van der Waals surface area (Å²) in [5, 5.41) is 9.02. The maximum absolute atomic E-state index is 12.3. The van der Waals surface area contributed by atoms with Gasteiger partial charge in [0.15, 0.2) is 0 Å². The average molecular weight is 298 g/mol. The van der Waals surface area contributed by atoms with Gasteiger partial charge in [-0.25, -0.2) is 0 Å². The molecule has 0 aromatic carbocycles. The molecular formula is C16H30N2O3. The minimum Gasteiger partial charge on any atom is -0.481 e. The van der Waals surface area contributed by atoms with Gasteiger partial charge in [0.2, 0.25) is 5.91 Å². The van der Waals surface area contributed by atoms with Crippen LogP contribution in [0.4, 0.5) is 0 Å². The maximum Gasteiger partial charge on any atom is 0.307 e. The van der Waals surface area contributed by atoms with E-state index in [1.165, 1.54) is 0 Å². The molecule has 5 heteroatoms. The van der Waals surface area contributed by atoms with Gasteiger partial charge in [0, 0.05) is 31.6 Å². The molecule has 1 fully saturated rings. The maximum atomic E-state index is 12.3. The highest BCUT2D eigenvalue weighted by atomic mass is 16.4. The summed E-state index contributed by atoms with van der Waals surface area (Å²) in [5.41, 5.74) is 0. The Morgan fingerprint density at radius 1 is 1.14 bits per heavy atom. The number of piperidine rings is 1. The van der Waals surface area contributed by atoms with Crippen molar-refractivity contribution in [3.63, 3.8) is 0 Å². The molecule has 1 N–H and O–H groups in total. The van der Waals surface area contributed by atoms with Crippen LogP contribution in [0.15, 0.2) is 0 Å². The van der Waals surface area contributed by atoms with E-state index in [-0.39, 0.29) is 5.91 Å². The Morgan fingerprint density at radius 2 is 1.67 bits per heavy atom. The second-order valence-electron chi connectivity index (χ2n) is 6.72. The van der Waals surface area contributed by atoms with E-state index in [9.17, 15) is 9.59 Å². The highest BCUT2D eigenvalue weighted by Gasteiger charge is 2.31. The van der Waals surface area contributed by atoms with E-state index >= 15 is 0 Å². The second-order valence-corrected chi connectivity index (χ2v) is 6.72. The smallest absolute Gasteiger partial charge is 0.307 e. The summed E-state index contributed by atoms with van der Waals surface area (Å²) >= 11 is 0. The van der Waals surface area contributed by atoms with Crippen molar-refractivity contribution in [1.29, 1.82) is 0 Å². The predicted molar refractivity (Wildman–Crippen MR) is 83.0 cm³/mol. The van der Waals surface area contributed by atoms with E-state index in [2.05, 4.69) is 25.8 Å². The minimum atomic E-state index is -0.899. The number of carbonyl (C=O) groups excluding carboxylic acids is 1. The molecule has 1 amide bonds. The molecular weight excluding hydrogens is 268 g/mol. The molecule has 1 rings (SSSR count). The molecule has 0 bridgehead atoms. The summed E-state index contributed by atoms with van der Waals surface area (Å²) in [6.07, 6.45) is 2.02. The zero-order valence-corrected chi connectivity index (χ0v) is 14.0. The second kappa shape index (κ2) is 7.78. The van der Waals surface area contributed by atoms with Gasteiger partial charge in [0.05, 0.1) is 5.92 Å². The summed E-state index contributed by atoms with van der Waals surface area (Å²) in [7, 11) is 2.14. The van der Waals surface area contributed by atoms with Crippen molar-refractivity contribution in [2.75, 3.05) is 26.7 Å². The first kappa shape index (κ1) is 18.0. The Hall–Kier alpha value is -1.10. The largest absolute Gasteiger partial charge is 0.481 e. The monoisotopic (exact) mass is 298 g/mol. The number of hydrogen-bond donors (Lipinski definition) is 1. The van der Waals surface area contributed by atoms with Crippen LogP contribution in [0.3, 0.4) is 0 Å². The molecule has 0 radical (unpaired) electrons. The van der Waals surface area contributed by atoms with Gasteiger partial charge in [-0.2, -0.15) is 0 Å². The number of aliphatic carboxylic acids is 1. The van der Waals surface area contributed by atoms with Crippen LogP contribution in [0.25, 0.3) is 0 Å². The normalized spacial score (nSPS) is 19.9. The molecule has 1 aliphatic heterocycles. The molecule has 0 aromatic heterocycles. The van der Waals surface area contributed by atoms with Crippen LogP contribution >= 0.6 is 0 Å². The van der Waals surface area contributed by atoms with Crippen LogP contribution < -0.4 is 0 Å². The van der Waals surface area contributed by atoms with Crippen molar-refractivity contribution in [1.82, 2.24) is 9.80 Å². The van der Waals surface area contributed by atoms with Crippen LogP contribution in [0.2, 0.25) is 0 Å². The minimum absolute atomic E-state index is 0.0134. The fourth-order valence-electron chi connectivity index (χ4n) is 2.67. The van der Waals surface area contributed by atoms with Gasteiger partial charge < -0.3 is 14.9 Å². The lowest BCUT2D eigenvalue weighted by Crippen LogP contribution is -2.45. The van der Waals surface area contributed by atoms with E-state index in [4.69, 9.17) is 5.11 Å². The van der Waals surface area contributed by atoms with E-state index in [0.29, 0.717) is 12.0 Å². The Labute approximate surface area is 128 Å². The number of carboxylic acid groups (broad SMARTS) is 1. The number of nitrogens with zero attached hydrogens (tertiary/aromatic N) is 2. The quantitative estimate of drug-likeness (QED) is 0.814. The molecule has 21 heavy (non-hydrogen) atoms. The zero-order chi connectivity index (χ0) is 16.2. The Morgan fingerprint density at radius 3 is 2.10 bits per heavy atom. The number of carbonyl (C=O) groups is 2.